The van der Waals surface area contributed by atoms with Crippen LogP contribution in [0.5, 0.6) is 0 Å². The minimum atomic E-state index is 0.284. The molecule has 0 radical (unpaired) electrons. The van der Waals surface area contributed by atoms with Crippen LogP contribution in [0.2, 0.25) is 0 Å². The lowest BCUT2D eigenvalue weighted by Gasteiger charge is -2.34. The third-order valence-corrected chi connectivity index (χ3v) is 10.4. The van der Waals surface area contributed by atoms with Crippen LogP contribution in [-0.2, 0) is 12.8 Å². The molecule has 0 saturated heterocycles. The Hall–Kier alpha value is -5.60. The summed E-state index contributed by atoms with van der Waals surface area (Å²) in [7, 11) is 0. The van der Waals surface area contributed by atoms with Gasteiger partial charge in [0.25, 0.3) is 0 Å². The first-order chi connectivity index (χ1) is 22.8. The smallest absolute Gasteiger partial charge is 0.242 e. The Morgan fingerprint density at radius 2 is 0.870 bits per heavy atom. The summed E-state index contributed by atoms with van der Waals surface area (Å²) in [6, 6.07) is 58.6. The number of nitrogens with zero attached hydrogens (tertiary/aromatic N) is 1. The van der Waals surface area contributed by atoms with Gasteiger partial charge in [0, 0.05) is 27.6 Å². The normalized spacial score (nSPS) is 13.0. The first kappa shape index (κ1) is 25.7. The molecule has 0 atom stereocenters. The quantitative estimate of drug-likeness (QED) is 0.184. The monoisotopic (exact) mass is 583 g/mol. The summed E-state index contributed by atoms with van der Waals surface area (Å²) in [6.45, 7) is 0.284. The maximum Gasteiger partial charge on any atom is 0.242 e. The Morgan fingerprint density at radius 3 is 1.37 bits per heavy atom. The van der Waals surface area contributed by atoms with E-state index in [0.29, 0.717) is 0 Å². The van der Waals surface area contributed by atoms with E-state index in [1.54, 1.807) is 0 Å². The van der Waals surface area contributed by atoms with E-state index in [9.17, 15) is 0 Å². The lowest BCUT2D eigenvalue weighted by Crippen LogP contribution is -2.61. The topological polar surface area (TPSA) is 4.93 Å². The minimum absolute atomic E-state index is 0.284. The predicted octanol–water partition coefficient (Wildman–Crippen LogP) is 8.44. The highest BCUT2D eigenvalue weighted by Gasteiger charge is 2.37. The van der Waals surface area contributed by atoms with E-state index < -0.39 is 0 Å². The van der Waals surface area contributed by atoms with Gasteiger partial charge in [0.05, 0.1) is 11.0 Å². The van der Waals surface area contributed by atoms with Gasteiger partial charge in [-0.15, -0.1) is 0 Å². The molecule has 0 N–H and O–H groups in total. The van der Waals surface area contributed by atoms with Crippen molar-refractivity contribution in [2.24, 2.45) is 0 Å². The van der Waals surface area contributed by atoms with Gasteiger partial charge in [-0.2, -0.15) is 0 Å². The van der Waals surface area contributed by atoms with Crippen molar-refractivity contribution in [2.45, 2.75) is 12.8 Å². The molecule has 0 amide bonds. The van der Waals surface area contributed by atoms with E-state index in [1.165, 1.54) is 88.4 Å². The maximum atomic E-state index is 2.59. The summed E-state index contributed by atoms with van der Waals surface area (Å²) < 4.78 is 2.59. The maximum absolute atomic E-state index is 2.59. The summed E-state index contributed by atoms with van der Waals surface area (Å²) in [4.78, 5) is 0. The third-order valence-electron chi connectivity index (χ3n) is 10.4. The van der Waals surface area contributed by atoms with Crippen LogP contribution in [0.15, 0.2) is 158 Å². The lowest BCUT2D eigenvalue weighted by molar-refractivity contribution is 1.10. The average molecular weight is 584 g/mol. The average Bonchev–Trinajstić information content (AvgIpc) is 3.47. The van der Waals surface area contributed by atoms with Crippen LogP contribution >= 0.6 is 0 Å². The van der Waals surface area contributed by atoms with Crippen molar-refractivity contribution in [1.29, 1.82) is 0 Å². The Labute approximate surface area is 269 Å². The SMILES string of the molecule is c1ccc(-c2cccc3c4cccc(-c5ccccc5)c4n(-c4cc5c6c(c4)Cc4ccccc4B6c4ccccc4C5)c23)cc1. The van der Waals surface area contributed by atoms with Gasteiger partial charge >= 0.3 is 0 Å². The lowest BCUT2D eigenvalue weighted by atomic mass is 9.30. The molecule has 8 aromatic rings. The molecule has 46 heavy (non-hydrogen) atoms. The predicted molar refractivity (Wildman–Crippen MR) is 195 cm³/mol. The summed E-state index contributed by atoms with van der Waals surface area (Å²) >= 11 is 0. The summed E-state index contributed by atoms with van der Waals surface area (Å²) in [5, 5.41) is 2.57. The van der Waals surface area contributed by atoms with Gasteiger partial charge in [-0.05, 0) is 58.4 Å². The fraction of sp³-hybridized carbons (Fsp3) is 0.0455. The van der Waals surface area contributed by atoms with E-state index in [-0.39, 0.29) is 6.71 Å². The fourth-order valence-electron chi connectivity index (χ4n) is 8.47. The molecule has 2 heteroatoms. The van der Waals surface area contributed by atoms with Crippen LogP contribution in [0.4, 0.5) is 0 Å². The first-order valence-electron chi connectivity index (χ1n) is 16.3. The second-order valence-electron chi connectivity index (χ2n) is 12.8. The van der Waals surface area contributed by atoms with Crippen molar-refractivity contribution in [3.8, 4) is 27.9 Å². The summed E-state index contributed by atoms with van der Waals surface area (Å²) in [5.74, 6) is 0. The molecule has 2 aliphatic heterocycles. The van der Waals surface area contributed by atoms with Gasteiger partial charge in [-0.25, -0.2) is 0 Å². The van der Waals surface area contributed by atoms with Crippen molar-refractivity contribution in [3.05, 3.63) is 180 Å². The fourth-order valence-corrected chi connectivity index (χ4v) is 8.47. The van der Waals surface area contributed by atoms with E-state index in [1.807, 2.05) is 0 Å². The van der Waals surface area contributed by atoms with Crippen molar-refractivity contribution < 1.29 is 0 Å². The zero-order valence-electron chi connectivity index (χ0n) is 25.4. The van der Waals surface area contributed by atoms with Crippen LogP contribution < -0.4 is 16.4 Å². The largest absolute Gasteiger partial charge is 0.308 e. The first-order valence-corrected chi connectivity index (χ1v) is 16.3. The van der Waals surface area contributed by atoms with Crippen molar-refractivity contribution in [1.82, 2.24) is 4.57 Å². The van der Waals surface area contributed by atoms with E-state index >= 15 is 0 Å². The molecule has 10 rings (SSSR count). The Kier molecular flexibility index (Phi) is 5.56. The van der Waals surface area contributed by atoms with Gasteiger partial charge in [0.15, 0.2) is 0 Å². The third kappa shape index (κ3) is 3.71. The molecule has 0 aliphatic carbocycles. The van der Waals surface area contributed by atoms with E-state index in [4.69, 9.17) is 0 Å². The molecule has 214 valence electrons. The second-order valence-corrected chi connectivity index (χ2v) is 12.8. The van der Waals surface area contributed by atoms with Crippen LogP contribution in [0.25, 0.3) is 49.7 Å². The second kappa shape index (κ2) is 9.96. The number of hydrogen-bond acceptors (Lipinski definition) is 0. The van der Waals surface area contributed by atoms with Crippen LogP contribution in [0.3, 0.4) is 0 Å². The standard InChI is InChI=1S/C44H30BN/c1-3-13-29(14-4-1)36-19-11-21-38-39-22-12-20-37(30-15-5-2-6-16-30)44(39)46(43(36)38)35-27-33-25-31-17-7-9-23-40(31)45-41-24-10-8-18-32(41)26-34(28-35)42(33)45/h1-24,27-28H,25-26H2. The minimum Gasteiger partial charge on any atom is -0.308 e. The van der Waals surface area contributed by atoms with Crippen LogP contribution in [0.1, 0.15) is 22.3 Å². The van der Waals surface area contributed by atoms with Gasteiger partial charge < -0.3 is 4.57 Å². The van der Waals surface area contributed by atoms with Crippen molar-refractivity contribution in [3.63, 3.8) is 0 Å². The molecule has 0 bridgehead atoms. The Bertz CT molecular complexity index is 2300. The molecule has 0 unspecified atom stereocenters. The van der Waals surface area contributed by atoms with E-state index in [0.717, 1.165) is 12.8 Å². The van der Waals surface area contributed by atoms with Crippen LogP contribution in [0, 0.1) is 0 Å². The molecule has 0 fully saturated rings. The number of para-hydroxylation sites is 2. The summed E-state index contributed by atoms with van der Waals surface area (Å²) in [6.07, 6.45) is 1.92. The molecular formula is C44H30BN. The highest BCUT2D eigenvalue weighted by atomic mass is 15.0. The zero-order valence-corrected chi connectivity index (χ0v) is 25.4. The number of rotatable bonds is 3. The number of aromatic nitrogens is 1. The van der Waals surface area contributed by atoms with Crippen LogP contribution in [-0.4, -0.2) is 11.3 Å². The van der Waals surface area contributed by atoms with Gasteiger partial charge in [0.2, 0.25) is 6.71 Å². The Morgan fingerprint density at radius 1 is 0.413 bits per heavy atom. The van der Waals surface area contributed by atoms with Crippen molar-refractivity contribution >= 4 is 44.9 Å². The Balaban J connectivity index is 1.33. The summed E-state index contributed by atoms with van der Waals surface area (Å²) in [5.41, 5.74) is 19.0. The highest BCUT2D eigenvalue weighted by molar-refractivity contribution is 6.97. The molecule has 3 heterocycles. The molecule has 1 aromatic heterocycles. The van der Waals surface area contributed by atoms with Gasteiger partial charge in [-0.1, -0.05) is 162 Å². The molecule has 1 nitrogen and oxygen atoms in total. The molecule has 0 saturated carbocycles. The zero-order chi connectivity index (χ0) is 30.2. The number of fused-ring (bicyclic) bond motifs is 7. The molecule has 0 spiro atoms. The highest BCUT2D eigenvalue weighted by Crippen LogP contribution is 2.42. The van der Waals surface area contributed by atoms with Gasteiger partial charge in [0.1, 0.15) is 0 Å². The van der Waals surface area contributed by atoms with Crippen molar-refractivity contribution in [2.75, 3.05) is 0 Å². The van der Waals surface area contributed by atoms with E-state index in [2.05, 4.69) is 162 Å². The number of hydrogen-bond donors (Lipinski definition) is 0. The molecule has 7 aromatic carbocycles. The number of benzene rings is 7. The molecular weight excluding hydrogens is 553 g/mol. The molecule has 2 aliphatic rings. The van der Waals surface area contributed by atoms with Gasteiger partial charge in [-0.3, -0.25) is 0 Å².